The van der Waals surface area contributed by atoms with Gasteiger partial charge in [0.1, 0.15) is 0 Å². The van der Waals surface area contributed by atoms with E-state index in [1.54, 1.807) is 0 Å². The fourth-order valence-electron chi connectivity index (χ4n) is 6.22. The Morgan fingerprint density at radius 2 is 1.83 bits per heavy atom. The van der Waals surface area contributed by atoms with Gasteiger partial charge in [0.2, 0.25) is 6.17 Å². The zero-order valence-electron chi connectivity index (χ0n) is 23.1. The molecule has 212 valence electrons. The van der Waals surface area contributed by atoms with Gasteiger partial charge in [0.15, 0.2) is 5.69 Å². The number of ether oxygens (including phenoxy) is 1. The summed E-state index contributed by atoms with van der Waals surface area (Å²) in [6.45, 7) is 1.54. The number of rotatable bonds is 6. The molecule has 10 heteroatoms. The fourth-order valence-corrected chi connectivity index (χ4v) is 6.22. The Bertz CT molecular complexity index is 1660. The first-order chi connectivity index (χ1) is 20.7. The third-order valence-corrected chi connectivity index (χ3v) is 8.56. The van der Waals surface area contributed by atoms with Crippen LogP contribution in [0.1, 0.15) is 54.7 Å². The van der Waals surface area contributed by atoms with Gasteiger partial charge in [-0.25, -0.2) is 9.98 Å². The number of carbonyl (C=O) groups is 1. The molecule has 1 amide bonds. The predicted octanol–water partition coefficient (Wildman–Crippen LogP) is 4.99. The van der Waals surface area contributed by atoms with Crippen LogP contribution in [0.2, 0.25) is 0 Å². The van der Waals surface area contributed by atoms with E-state index in [-0.39, 0.29) is 18.0 Å². The largest absolute Gasteiger partial charge is 0.402 e. The second kappa shape index (κ2) is 10.4. The minimum Gasteiger partial charge on any atom is -0.402 e. The minimum absolute atomic E-state index is 0.104. The maximum Gasteiger partial charge on any atom is 0.317 e. The van der Waals surface area contributed by atoms with Crippen molar-refractivity contribution in [2.75, 3.05) is 28.7 Å². The maximum atomic E-state index is 13.3. The van der Waals surface area contributed by atoms with Crippen LogP contribution >= 0.6 is 0 Å². The summed E-state index contributed by atoms with van der Waals surface area (Å²) >= 11 is 0. The number of morpholine rings is 1. The van der Waals surface area contributed by atoms with Gasteiger partial charge in [-0.05, 0) is 55.7 Å². The van der Waals surface area contributed by atoms with Gasteiger partial charge < -0.3 is 24.7 Å². The van der Waals surface area contributed by atoms with E-state index in [0.29, 0.717) is 34.9 Å². The summed E-state index contributed by atoms with van der Waals surface area (Å²) in [6.07, 6.45) is 6.88. The number of hydrogen-bond donors (Lipinski definition) is 2. The van der Waals surface area contributed by atoms with Crippen molar-refractivity contribution < 1.29 is 13.9 Å². The molecule has 2 aromatic carbocycles. The van der Waals surface area contributed by atoms with E-state index in [0.717, 1.165) is 49.2 Å². The maximum absolute atomic E-state index is 13.3. The van der Waals surface area contributed by atoms with E-state index in [4.69, 9.17) is 19.1 Å². The molecule has 4 aromatic rings. The Kier molecular flexibility index (Phi) is 6.21. The number of fused-ring (bicyclic) bond motifs is 5. The zero-order chi connectivity index (χ0) is 28.0. The van der Waals surface area contributed by atoms with Crippen molar-refractivity contribution in [1.29, 1.82) is 0 Å². The molecular formula is C32H31N7O3. The van der Waals surface area contributed by atoms with Crippen LogP contribution in [0.3, 0.4) is 0 Å². The standard InChI is InChI=1S/C32H31N7O3/c40-30-29(35-27(20-7-2-1-3-8-20)24-11-4-5-12-25(24)34-30)36-32-38-37-31(42-32)28-26(15-21(16-33-28)19-13-14-19)39-17-23-10-6-9-22(39)18-41-23/h1-5,7-8,11-12,15-16,19,22-23,29H,6,9-10,13-14,17-18H2,(H,34,40)(H,36,38)/t22?,23?,29-/m1/s1. The molecule has 2 unspecified atom stereocenters. The molecule has 5 aliphatic rings. The summed E-state index contributed by atoms with van der Waals surface area (Å²) < 4.78 is 12.2. The lowest BCUT2D eigenvalue weighted by Crippen LogP contribution is -2.47. The van der Waals surface area contributed by atoms with E-state index in [1.165, 1.54) is 18.4 Å². The average Bonchev–Trinajstić information content (AvgIpc) is 3.85. The van der Waals surface area contributed by atoms with Gasteiger partial charge >= 0.3 is 6.01 Å². The number of nitrogens with one attached hydrogen (secondary N) is 2. The van der Waals surface area contributed by atoms with Crippen LogP contribution in [0.4, 0.5) is 17.4 Å². The lowest BCUT2D eigenvalue weighted by molar-refractivity contribution is -0.116. The third kappa shape index (κ3) is 4.71. The normalized spacial score (nSPS) is 23.4. The van der Waals surface area contributed by atoms with Gasteiger partial charge in [0, 0.05) is 23.9 Å². The number of benzodiazepines with no additional fused rings is 1. The number of benzene rings is 2. The highest BCUT2D eigenvalue weighted by molar-refractivity contribution is 6.19. The highest BCUT2D eigenvalue weighted by Crippen LogP contribution is 2.43. The SMILES string of the molecule is O=C1Nc2ccccc2C(c2ccccc2)=N[C@@H]1Nc1nnc(-c2ncc(C3CC3)cc2N2CC3CCCC2CO3)o1. The number of hydrogen-bond acceptors (Lipinski definition) is 9. The Labute approximate surface area is 243 Å². The lowest BCUT2D eigenvalue weighted by atomic mass is 10.0. The molecule has 3 atom stereocenters. The molecular weight excluding hydrogens is 530 g/mol. The number of pyridine rings is 1. The molecule has 4 fully saturated rings. The van der Waals surface area contributed by atoms with Gasteiger partial charge in [-0.2, -0.15) is 0 Å². The molecule has 3 saturated heterocycles. The summed E-state index contributed by atoms with van der Waals surface area (Å²) in [6, 6.07) is 20.1. The van der Waals surface area contributed by atoms with Crippen LogP contribution in [0.15, 0.2) is 76.3 Å². The van der Waals surface area contributed by atoms with Crippen LogP contribution in [0.25, 0.3) is 11.6 Å². The Morgan fingerprint density at radius 3 is 2.71 bits per heavy atom. The summed E-state index contributed by atoms with van der Waals surface area (Å²) in [5.74, 6) is 0.557. The van der Waals surface area contributed by atoms with E-state index >= 15 is 0 Å². The van der Waals surface area contributed by atoms with Crippen molar-refractivity contribution in [3.8, 4) is 11.6 Å². The number of aliphatic imine (C=N–C) groups is 1. The number of para-hydroxylation sites is 1. The first kappa shape index (κ1) is 25.2. The second-order valence-electron chi connectivity index (χ2n) is 11.4. The molecule has 9 rings (SSSR count). The van der Waals surface area contributed by atoms with E-state index < -0.39 is 6.17 Å². The van der Waals surface area contributed by atoms with Crippen LogP contribution in [-0.4, -0.2) is 58.3 Å². The van der Waals surface area contributed by atoms with Crippen LogP contribution in [0, 0.1) is 0 Å². The number of nitrogens with zero attached hydrogens (tertiary/aromatic N) is 5. The van der Waals surface area contributed by atoms with Crippen molar-refractivity contribution in [3.63, 3.8) is 0 Å². The van der Waals surface area contributed by atoms with Gasteiger partial charge in [0.05, 0.1) is 35.8 Å². The molecule has 0 radical (unpaired) electrons. The van der Waals surface area contributed by atoms with Crippen molar-refractivity contribution in [3.05, 3.63) is 83.6 Å². The molecule has 42 heavy (non-hydrogen) atoms. The Morgan fingerprint density at radius 1 is 0.976 bits per heavy atom. The van der Waals surface area contributed by atoms with Crippen LogP contribution in [-0.2, 0) is 9.53 Å². The van der Waals surface area contributed by atoms with E-state index in [1.807, 2.05) is 60.8 Å². The number of aromatic nitrogens is 3. The van der Waals surface area contributed by atoms with Crippen molar-refractivity contribution in [1.82, 2.24) is 15.2 Å². The van der Waals surface area contributed by atoms with Crippen LogP contribution in [0.5, 0.6) is 0 Å². The highest BCUT2D eigenvalue weighted by Gasteiger charge is 2.36. The summed E-state index contributed by atoms with van der Waals surface area (Å²) in [5, 5.41) is 14.7. The molecule has 1 saturated carbocycles. The minimum atomic E-state index is -0.982. The topological polar surface area (TPSA) is 118 Å². The molecule has 2 N–H and O–H groups in total. The highest BCUT2D eigenvalue weighted by atomic mass is 16.5. The number of carbonyl (C=O) groups excluding carboxylic acids is 1. The summed E-state index contributed by atoms with van der Waals surface area (Å²) in [7, 11) is 0. The lowest BCUT2D eigenvalue weighted by Gasteiger charge is -2.39. The predicted molar refractivity (Wildman–Crippen MR) is 159 cm³/mol. The molecule has 2 bridgehead atoms. The van der Waals surface area contributed by atoms with Gasteiger partial charge in [-0.15, -0.1) is 5.10 Å². The number of amides is 1. The third-order valence-electron chi connectivity index (χ3n) is 8.56. The molecule has 4 aliphatic heterocycles. The van der Waals surface area contributed by atoms with E-state index in [9.17, 15) is 4.79 Å². The zero-order valence-corrected chi connectivity index (χ0v) is 23.1. The first-order valence-electron chi connectivity index (χ1n) is 14.7. The van der Waals surface area contributed by atoms with E-state index in [2.05, 4.69) is 31.8 Å². The Balaban J connectivity index is 1.13. The van der Waals surface area contributed by atoms with Gasteiger partial charge in [0.25, 0.3) is 11.8 Å². The van der Waals surface area contributed by atoms with Gasteiger partial charge in [-0.3, -0.25) is 4.79 Å². The molecule has 10 nitrogen and oxygen atoms in total. The molecule has 1 aliphatic carbocycles. The second-order valence-corrected chi connectivity index (χ2v) is 11.4. The van der Waals surface area contributed by atoms with Crippen LogP contribution < -0.4 is 15.5 Å². The van der Waals surface area contributed by atoms with Gasteiger partial charge in [-0.1, -0.05) is 53.6 Å². The summed E-state index contributed by atoms with van der Waals surface area (Å²) in [4.78, 5) is 25.4. The van der Waals surface area contributed by atoms with Crippen molar-refractivity contribution >= 4 is 29.0 Å². The fraction of sp³-hybridized carbons (Fsp3) is 0.344. The Hall–Kier alpha value is -4.57. The average molecular weight is 562 g/mol. The van der Waals surface area contributed by atoms with Crippen molar-refractivity contribution in [2.45, 2.75) is 56.3 Å². The molecule has 6 heterocycles. The smallest absolute Gasteiger partial charge is 0.317 e. The summed E-state index contributed by atoms with van der Waals surface area (Å²) in [5.41, 5.74) is 6.05. The monoisotopic (exact) mass is 561 g/mol. The molecule has 0 spiro atoms. The quantitative estimate of drug-likeness (QED) is 0.338. The first-order valence-corrected chi connectivity index (χ1v) is 14.7. The van der Waals surface area contributed by atoms with Crippen molar-refractivity contribution in [2.24, 2.45) is 4.99 Å². The number of anilines is 3. The molecule has 2 aromatic heterocycles.